The van der Waals surface area contributed by atoms with Gasteiger partial charge in [-0.25, -0.2) is 9.97 Å². The van der Waals surface area contributed by atoms with Crippen LogP contribution in [0, 0.1) is 11.3 Å². The Morgan fingerprint density at radius 1 is 1.10 bits per heavy atom. The van der Waals surface area contributed by atoms with E-state index in [4.69, 9.17) is 9.72 Å². The van der Waals surface area contributed by atoms with Crippen LogP contribution in [0.4, 0.5) is 17.3 Å². The second-order valence-electron chi connectivity index (χ2n) is 11.7. The van der Waals surface area contributed by atoms with Gasteiger partial charge in [-0.1, -0.05) is 25.3 Å². The Kier molecular flexibility index (Phi) is 7.60. The summed E-state index contributed by atoms with van der Waals surface area (Å²) in [5.74, 6) is 1.85. The zero-order valence-corrected chi connectivity index (χ0v) is 23.9. The molecule has 0 saturated heterocycles. The van der Waals surface area contributed by atoms with E-state index in [1.54, 1.807) is 37.8 Å². The van der Waals surface area contributed by atoms with Crippen LogP contribution in [0.25, 0.3) is 0 Å². The summed E-state index contributed by atoms with van der Waals surface area (Å²) in [5, 5.41) is 6.25. The number of aromatic nitrogens is 3. The molecule has 3 aromatic rings. The van der Waals surface area contributed by atoms with Crippen LogP contribution in [-0.2, 0) is 11.3 Å². The first kappa shape index (κ1) is 27.2. The number of pyridine rings is 1. The number of nitrogens with zero attached hydrogens (tertiary/aromatic N) is 4. The molecule has 3 aliphatic rings. The molecule has 1 spiro atoms. The van der Waals surface area contributed by atoms with Crippen LogP contribution in [-0.4, -0.2) is 40.9 Å². The minimum absolute atomic E-state index is 0.188. The van der Waals surface area contributed by atoms with Crippen molar-refractivity contribution < 1.29 is 14.3 Å². The molecule has 6 rings (SSSR count). The van der Waals surface area contributed by atoms with E-state index in [1.165, 1.54) is 25.7 Å². The van der Waals surface area contributed by atoms with Crippen LogP contribution < -0.4 is 20.3 Å². The average Bonchev–Trinajstić information content (AvgIpc) is 3.59. The van der Waals surface area contributed by atoms with Crippen molar-refractivity contribution in [1.82, 2.24) is 20.3 Å². The molecule has 1 atom stereocenters. The molecule has 1 aliphatic heterocycles. The number of benzene rings is 1. The average molecular weight is 555 g/mol. The lowest BCUT2D eigenvalue weighted by Crippen LogP contribution is -2.34. The molecule has 0 bridgehead atoms. The first-order chi connectivity index (χ1) is 20.0. The topological polar surface area (TPSA) is 109 Å². The number of anilines is 3. The smallest absolute Gasteiger partial charge is 0.251 e. The maximum Gasteiger partial charge on any atom is 0.251 e. The minimum Gasteiger partial charge on any atom is -0.495 e. The fraction of sp³-hybridized carbons (Fsp3) is 0.469. The van der Waals surface area contributed by atoms with Gasteiger partial charge in [0.05, 0.1) is 30.4 Å². The summed E-state index contributed by atoms with van der Waals surface area (Å²) in [6, 6.07) is 9.03. The van der Waals surface area contributed by atoms with Crippen molar-refractivity contribution in [2.45, 2.75) is 70.3 Å². The molecule has 1 aromatic carbocycles. The number of ether oxygens (including phenoxy) is 1. The van der Waals surface area contributed by atoms with E-state index in [-0.39, 0.29) is 17.2 Å². The lowest BCUT2D eigenvalue weighted by atomic mass is 9.83. The summed E-state index contributed by atoms with van der Waals surface area (Å²) in [4.78, 5) is 41.9. The highest BCUT2D eigenvalue weighted by Gasteiger charge is 2.51. The molecule has 0 radical (unpaired) electrons. The minimum atomic E-state index is -0.201. The third kappa shape index (κ3) is 5.62. The van der Waals surface area contributed by atoms with Gasteiger partial charge in [-0.05, 0) is 74.3 Å². The number of methoxy groups -OCH3 is 1. The number of carbonyl (C=O) groups excluding carboxylic acids is 2. The van der Waals surface area contributed by atoms with Crippen LogP contribution in [0.2, 0.25) is 0 Å². The third-order valence-electron chi connectivity index (χ3n) is 9.15. The van der Waals surface area contributed by atoms with Gasteiger partial charge < -0.3 is 20.3 Å². The molecule has 9 nitrogen and oxygen atoms in total. The third-order valence-corrected chi connectivity index (χ3v) is 9.15. The molecule has 2 aliphatic carbocycles. The predicted octanol–water partition coefficient (Wildman–Crippen LogP) is 5.75. The van der Waals surface area contributed by atoms with Crippen molar-refractivity contribution in [3.63, 3.8) is 0 Å². The van der Waals surface area contributed by atoms with Crippen LogP contribution in [0.15, 0.2) is 48.9 Å². The van der Waals surface area contributed by atoms with E-state index >= 15 is 0 Å². The number of hydrogen-bond donors (Lipinski definition) is 2. The van der Waals surface area contributed by atoms with E-state index in [9.17, 15) is 9.59 Å². The number of fused-ring (bicyclic) bond motifs is 1. The van der Waals surface area contributed by atoms with Gasteiger partial charge in [0.2, 0.25) is 11.9 Å². The predicted molar refractivity (Wildman–Crippen MR) is 157 cm³/mol. The van der Waals surface area contributed by atoms with Gasteiger partial charge in [0.1, 0.15) is 5.75 Å². The molecule has 2 N–H and O–H groups in total. The summed E-state index contributed by atoms with van der Waals surface area (Å²) in [6.07, 6.45) is 15.2. The monoisotopic (exact) mass is 554 g/mol. The SMILES string of the molecule is COc1cc(C(=O)NCc2cccnc2)ccc1Nc1ncc2c(n1)C(C1CCCC1)CCCC1(CC1)C(=O)N2C. The summed E-state index contributed by atoms with van der Waals surface area (Å²) in [6.45, 7) is 0.387. The number of rotatable bonds is 7. The van der Waals surface area contributed by atoms with Crippen molar-refractivity contribution in [3.05, 3.63) is 65.7 Å². The Hall–Kier alpha value is -4.01. The lowest BCUT2D eigenvalue weighted by Gasteiger charge is -2.27. The summed E-state index contributed by atoms with van der Waals surface area (Å²) >= 11 is 0. The number of carbonyl (C=O) groups is 2. The van der Waals surface area contributed by atoms with Crippen LogP contribution in [0.1, 0.15) is 85.3 Å². The van der Waals surface area contributed by atoms with Gasteiger partial charge in [-0.15, -0.1) is 0 Å². The fourth-order valence-corrected chi connectivity index (χ4v) is 6.63. The number of amides is 2. The van der Waals surface area contributed by atoms with E-state index in [2.05, 4.69) is 20.6 Å². The maximum atomic E-state index is 13.5. The summed E-state index contributed by atoms with van der Waals surface area (Å²) in [5.41, 5.74) is 3.69. The van der Waals surface area contributed by atoms with Gasteiger partial charge in [0.25, 0.3) is 5.91 Å². The highest BCUT2D eigenvalue weighted by Crippen LogP contribution is 2.54. The molecule has 9 heteroatoms. The van der Waals surface area contributed by atoms with Crippen molar-refractivity contribution in [2.24, 2.45) is 11.3 Å². The van der Waals surface area contributed by atoms with E-state index < -0.39 is 0 Å². The molecule has 2 saturated carbocycles. The molecule has 214 valence electrons. The highest BCUT2D eigenvalue weighted by atomic mass is 16.5. The van der Waals surface area contributed by atoms with Crippen molar-refractivity contribution in [2.75, 3.05) is 24.4 Å². The maximum absolute atomic E-state index is 13.5. The molecular weight excluding hydrogens is 516 g/mol. The summed E-state index contributed by atoms with van der Waals surface area (Å²) < 4.78 is 5.64. The summed E-state index contributed by atoms with van der Waals surface area (Å²) in [7, 11) is 3.46. The molecule has 1 unspecified atom stereocenters. The number of nitrogens with one attached hydrogen (secondary N) is 2. The van der Waals surface area contributed by atoms with E-state index in [0.717, 1.165) is 49.0 Å². The lowest BCUT2D eigenvalue weighted by molar-refractivity contribution is -0.123. The second kappa shape index (κ2) is 11.5. The zero-order chi connectivity index (χ0) is 28.4. The molecule has 2 amide bonds. The fourth-order valence-electron chi connectivity index (χ4n) is 6.63. The van der Waals surface area contributed by atoms with Gasteiger partial charge in [-0.2, -0.15) is 0 Å². The van der Waals surface area contributed by atoms with Crippen molar-refractivity contribution in [1.29, 1.82) is 0 Å². The molecule has 3 heterocycles. The first-order valence-corrected chi connectivity index (χ1v) is 14.7. The van der Waals surface area contributed by atoms with Crippen molar-refractivity contribution >= 4 is 29.1 Å². The van der Waals surface area contributed by atoms with E-state index in [0.29, 0.717) is 41.3 Å². The Morgan fingerprint density at radius 3 is 2.66 bits per heavy atom. The van der Waals surface area contributed by atoms with Crippen molar-refractivity contribution in [3.8, 4) is 5.75 Å². The Labute approximate surface area is 241 Å². The van der Waals surface area contributed by atoms with E-state index in [1.807, 2.05) is 30.1 Å². The van der Waals surface area contributed by atoms with Gasteiger partial charge in [0.15, 0.2) is 0 Å². The quantitative estimate of drug-likeness (QED) is 0.382. The van der Waals surface area contributed by atoms with Crippen LogP contribution in [0.5, 0.6) is 5.75 Å². The first-order valence-electron chi connectivity index (χ1n) is 14.7. The zero-order valence-electron chi connectivity index (χ0n) is 23.9. The molecule has 2 aromatic heterocycles. The normalized spacial score (nSPS) is 20.1. The Balaban J connectivity index is 1.26. The van der Waals surface area contributed by atoms with Crippen LogP contribution >= 0.6 is 0 Å². The van der Waals surface area contributed by atoms with Crippen LogP contribution in [0.3, 0.4) is 0 Å². The Morgan fingerprint density at radius 2 is 1.93 bits per heavy atom. The highest BCUT2D eigenvalue weighted by molar-refractivity contribution is 5.99. The molecule has 41 heavy (non-hydrogen) atoms. The molecule has 2 fully saturated rings. The number of hydrogen-bond acceptors (Lipinski definition) is 7. The largest absolute Gasteiger partial charge is 0.495 e. The van der Waals surface area contributed by atoms with Gasteiger partial charge in [0, 0.05) is 42.9 Å². The molecular formula is C32H38N6O3. The van der Waals surface area contributed by atoms with Gasteiger partial charge in [-0.3, -0.25) is 14.6 Å². The Bertz CT molecular complexity index is 1420. The second-order valence-corrected chi connectivity index (χ2v) is 11.7. The van der Waals surface area contributed by atoms with Gasteiger partial charge >= 0.3 is 0 Å². The standard InChI is InChI=1S/C32H38N6O3/c1-38-26-20-35-31(37-28(26)24(22-8-3-4-9-22)10-5-13-32(14-15-32)30(38)40)36-25-12-11-23(17-27(25)41-2)29(39)34-19-21-7-6-16-33-18-21/h6-7,11-12,16-18,20,22,24H,3-5,8-10,13-15,19H2,1-2H3,(H,34,39)(H,35,36,37).